The molecule has 0 bridgehead atoms. The summed E-state index contributed by atoms with van der Waals surface area (Å²) in [6.07, 6.45) is 1.59. The van der Waals surface area contributed by atoms with Gasteiger partial charge in [0.25, 0.3) is 0 Å². The smallest absolute Gasteiger partial charge is 0.322 e. The Hall–Kier alpha value is -1.06. The number of rotatable bonds is 5. The van der Waals surface area contributed by atoms with Crippen molar-refractivity contribution in [1.29, 1.82) is 0 Å². The molecule has 0 saturated heterocycles. The monoisotopic (exact) mass is 161 g/mol. The first kappa shape index (κ1) is 6.64. The molecule has 11 heavy (non-hydrogen) atoms. The second kappa shape index (κ2) is 5.70. The Morgan fingerprint density at radius 2 is 2.27 bits per heavy atom. The van der Waals surface area contributed by atoms with Gasteiger partial charge in [-0.05, 0) is 6.42 Å². The fraction of sp³-hybridized carbons (Fsp3) is 0.714. The lowest BCUT2D eigenvalue weighted by molar-refractivity contribution is -0.137. The van der Waals surface area contributed by atoms with Gasteiger partial charge in [-0.3, -0.25) is 9.59 Å². The molecule has 0 aromatic heterocycles. The van der Waals surface area contributed by atoms with Crippen molar-refractivity contribution in [2.24, 2.45) is 0 Å². The number of carboxylic acid groups (broad SMARTS) is 1. The first-order valence-electron chi connectivity index (χ1n) is 4.44. The molecule has 0 aliphatic rings. The van der Waals surface area contributed by atoms with E-state index in [0.29, 0.717) is 6.42 Å². The summed E-state index contributed by atoms with van der Waals surface area (Å²) in [4.78, 5) is 21.1. The van der Waals surface area contributed by atoms with E-state index in [4.69, 9.17) is 7.85 Å². The molecule has 0 spiro atoms. The third-order valence-corrected chi connectivity index (χ3v) is 1.07. The first-order valence-corrected chi connectivity index (χ1v) is 3.44. The minimum atomic E-state index is -2.66. The van der Waals surface area contributed by atoms with E-state index in [1.165, 1.54) is 0 Å². The summed E-state index contributed by atoms with van der Waals surface area (Å²) in [7, 11) is 0. The van der Waals surface area contributed by atoms with E-state index in [1.807, 2.05) is 6.92 Å². The standard InChI is InChI=1S/C7H13NO3/c1-2-3-4-6(9)8-5-7(10)11/h2-5H2,1H3,(H,8,9)(H,10,11)/i5D2. The molecule has 0 rings (SSSR count). The van der Waals surface area contributed by atoms with Gasteiger partial charge in [-0.15, -0.1) is 0 Å². The normalized spacial score (nSPS) is 13.2. The first-order chi connectivity index (χ1) is 5.90. The highest BCUT2D eigenvalue weighted by Gasteiger charge is 2.01. The summed E-state index contributed by atoms with van der Waals surface area (Å²) in [5.74, 6) is -2.26. The van der Waals surface area contributed by atoms with Crippen LogP contribution in [0.25, 0.3) is 0 Å². The van der Waals surface area contributed by atoms with Crippen molar-refractivity contribution in [2.75, 3.05) is 6.50 Å². The van der Waals surface area contributed by atoms with Crippen LogP contribution in [0.3, 0.4) is 0 Å². The molecule has 0 aromatic carbocycles. The van der Waals surface area contributed by atoms with Crippen LogP contribution in [-0.2, 0) is 9.59 Å². The van der Waals surface area contributed by atoms with Gasteiger partial charge in [-0.25, -0.2) is 0 Å². The maximum absolute atomic E-state index is 10.9. The van der Waals surface area contributed by atoms with Crippen molar-refractivity contribution in [3.63, 3.8) is 0 Å². The third-order valence-electron chi connectivity index (χ3n) is 1.07. The maximum atomic E-state index is 10.9. The molecule has 1 amide bonds. The van der Waals surface area contributed by atoms with Crippen LogP contribution in [0.2, 0.25) is 0 Å². The van der Waals surface area contributed by atoms with Crippen LogP contribution in [-0.4, -0.2) is 23.5 Å². The van der Waals surface area contributed by atoms with E-state index >= 15 is 0 Å². The zero-order chi connectivity index (χ0) is 10.5. The molecule has 0 fully saturated rings. The number of hydrogen-bond donors (Lipinski definition) is 2. The van der Waals surface area contributed by atoms with Crippen LogP contribution in [0.1, 0.15) is 28.9 Å². The fourth-order valence-corrected chi connectivity index (χ4v) is 0.523. The van der Waals surface area contributed by atoms with Gasteiger partial charge in [0.15, 0.2) is 0 Å². The second-order valence-corrected chi connectivity index (χ2v) is 2.08. The predicted molar refractivity (Wildman–Crippen MR) is 40.2 cm³/mol. The van der Waals surface area contributed by atoms with Crippen LogP contribution in [0.4, 0.5) is 0 Å². The molecule has 0 radical (unpaired) electrons. The van der Waals surface area contributed by atoms with Gasteiger partial charge in [0, 0.05) is 6.42 Å². The SMILES string of the molecule is [2H]C([2H])(NC(=O)CCCC)C(=O)O. The number of amides is 1. The van der Waals surface area contributed by atoms with Gasteiger partial charge in [0.2, 0.25) is 5.91 Å². The van der Waals surface area contributed by atoms with Crippen molar-refractivity contribution < 1.29 is 17.4 Å². The molecule has 0 aromatic rings. The average Bonchev–Trinajstić information content (AvgIpc) is 1.99. The summed E-state index contributed by atoms with van der Waals surface area (Å²) in [6.45, 7) is -0.774. The molecule has 0 aliphatic carbocycles. The average molecular weight is 161 g/mol. The molecule has 0 atom stereocenters. The topological polar surface area (TPSA) is 66.4 Å². The van der Waals surface area contributed by atoms with Crippen LogP contribution in [0.15, 0.2) is 0 Å². The highest BCUT2D eigenvalue weighted by atomic mass is 16.4. The molecule has 0 heterocycles. The molecular formula is C7H13NO3. The lowest BCUT2D eigenvalue weighted by Gasteiger charge is -1.99. The number of hydrogen-bond acceptors (Lipinski definition) is 2. The Morgan fingerprint density at radius 1 is 1.64 bits per heavy atom. The number of nitrogens with one attached hydrogen (secondary N) is 1. The van der Waals surface area contributed by atoms with E-state index < -0.39 is 18.4 Å². The summed E-state index contributed by atoms with van der Waals surface area (Å²) < 4.78 is 13.8. The Balaban J connectivity index is 3.97. The lowest BCUT2D eigenvalue weighted by Crippen LogP contribution is -2.28. The van der Waals surface area contributed by atoms with Crippen molar-refractivity contribution in [3.05, 3.63) is 0 Å². The molecule has 0 aliphatic heterocycles. The minimum absolute atomic E-state index is 0.156. The van der Waals surface area contributed by atoms with E-state index in [1.54, 1.807) is 5.32 Å². The summed E-state index contributed by atoms with van der Waals surface area (Å²) in [5.41, 5.74) is 0. The number of carboxylic acids is 1. The van der Waals surface area contributed by atoms with Gasteiger partial charge in [0.1, 0.15) is 6.50 Å². The Kier molecular flexibility index (Phi) is 3.44. The number of carbonyl (C=O) groups is 2. The van der Waals surface area contributed by atoms with E-state index in [0.717, 1.165) is 6.42 Å². The van der Waals surface area contributed by atoms with Crippen LogP contribution >= 0.6 is 0 Å². The van der Waals surface area contributed by atoms with E-state index in [9.17, 15) is 9.59 Å². The molecule has 2 N–H and O–H groups in total. The van der Waals surface area contributed by atoms with Crippen molar-refractivity contribution in [1.82, 2.24) is 5.32 Å². The highest BCUT2D eigenvalue weighted by molar-refractivity contribution is 5.80. The molecule has 4 nitrogen and oxygen atoms in total. The zero-order valence-electron chi connectivity index (χ0n) is 8.39. The van der Waals surface area contributed by atoms with E-state index in [2.05, 4.69) is 0 Å². The summed E-state index contributed by atoms with van der Waals surface area (Å²) in [6, 6.07) is 0. The minimum Gasteiger partial charge on any atom is -0.480 e. The molecule has 0 saturated carbocycles. The van der Waals surface area contributed by atoms with Gasteiger partial charge < -0.3 is 10.4 Å². The van der Waals surface area contributed by atoms with Crippen LogP contribution < -0.4 is 5.32 Å². The molecule has 4 heteroatoms. The fourth-order valence-electron chi connectivity index (χ4n) is 0.523. The highest BCUT2D eigenvalue weighted by Crippen LogP contribution is 1.92. The zero-order valence-corrected chi connectivity index (χ0v) is 6.39. The summed E-state index contributed by atoms with van der Waals surface area (Å²) in [5, 5.41) is 10.1. The number of carbonyl (C=O) groups excluding carboxylic acids is 1. The third kappa shape index (κ3) is 6.83. The maximum Gasteiger partial charge on any atom is 0.322 e. The quantitative estimate of drug-likeness (QED) is 0.612. The lowest BCUT2D eigenvalue weighted by atomic mass is 10.2. The summed E-state index contributed by atoms with van der Waals surface area (Å²) >= 11 is 0. The van der Waals surface area contributed by atoms with Crippen LogP contribution in [0, 0.1) is 0 Å². The molecule has 0 unspecified atom stereocenters. The van der Waals surface area contributed by atoms with Crippen molar-refractivity contribution >= 4 is 11.9 Å². The largest absolute Gasteiger partial charge is 0.480 e. The van der Waals surface area contributed by atoms with Crippen molar-refractivity contribution in [2.45, 2.75) is 26.2 Å². The van der Waals surface area contributed by atoms with E-state index in [-0.39, 0.29) is 6.42 Å². The Bertz CT molecular complexity index is 206. The van der Waals surface area contributed by atoms with Crippen molar-refractivity contribution in [3.8, 4) is 0 Å². The second-order valence-electron chi connectivity index (χ2n) is 2.08. The van der Waals surface area contributed by atoms with Gasteiger partial charge in [-0.2, -0.15) is 0 Å². The Labute approximate surface area is 68.4 Å². The molecular weight excluding hydrogens is 146 g/mol. The number of unbranched alkanes of at least 4 members (excludes halogenated alkanes) is 1. The Morgan fingerprint density at radius 3 is 2.73 bits per heavy atom. The molecule has 64 valence electrons. The van der Waals surface area contributed by atoms with Crippen LogP contribution in [0.5, 0.6) is 0 Å². The predicted octanol–water partition coefficient (Wildman–Crippen LogP) is 0.377. The number of aliphatic carboxylic acids is 1. The van der Waals surface area contributed by atoms with Gasteiger partial charge in [0.05, 0.1) is 2.74 Å². The van der Waals surface area contributed by atoms with Gasteiger partial charge >= 0.3 is 5.97 Å². The van der Waals surface area contributed by atoms with Gasteiger partial charge in [-0.1, -0.05) is 13.3 Å².